The van der Waals surface area contributed by atoms with Gasteiger partial charge < -0.3 is 20.3 Å². The predicted molar refractivity (Wildman–Crippen MR) is 88.7 cm³/mol. The van der Waals surface area contributed by atoms with Crippen LogP contribution in [0.2, 0.25) is 5.02 Å². The van der Waals surface area contributed by atoms with Gasteiger partial charge in [0.25, 0.3) is 0 Å². The molecule has 1 aromatic carbocycles. The van der Waals surface area contributed by atoms with Gasteiger partial charge in [-0.05, 0) is 38.1 Å². The van der Waals surface area contributed by atoms with Gasteiger partial charge >= 0.3 is 0 Å². The highest BCUT2D eigenvalue weighted by molar-refractivity contribution is 6.34. The van der Waals surface area contributed by atoms with Crippen molar-refractivity contribution in [2.24, 2.45) is 5.92 Å². The monoisotopic (exact) mass is 323 g/mol. The van der Waals surface area contributed by atoms with E-state index >= 15 is 0 Å². The van der Waals surface area contributed by atoms with Crippen LogP contribution in [0.5, 0.6) is 0 Å². The summed E-state index contributed by atoms with van der Waals surface area (Å²) < 4.78 is 5.40. The maximum absolute atomic E-state index is 12.5. The van der Waals surface area contributed by atoms with Crippen LogP contribution in [0.3, 0.4) is 0 Å². The van der Waals surface area contributed by atoms with Crippen LogP contribution in [0.4, 0.5) is 11.4 Å². The number of amides is 1. The molecule has 2 aliphatic rings. The predicted octanol–water partition coefficient (Wildman–Crippen LogP) is 2.11. The number of rotatable bonds is 3. The Morgan fingerprint density at radius 3 is 2.73 bits per heavy atom. The van der Waals surface area contributed by atoms with Crippen molar-refractivity contribution in [2.45, 2.75) is 12.8 Å². The van der Waals surface area contributed by atoms with Gasteiger partial charge in [-0.25, -0.2) is 0 Å². The van der Waals surface area contributed by atoms with Gasteiger partial charge in [-0.2, -0.15) is 0 Å². The Morgan fingerprint density at radius 2 is 2.00 bits per heavy atom. The van der Waals surface area contributed by atoms with Crippen molar-refractivity contribution in [3.05, 3.63) is 23.2 Å². The summed E-state index contributed by atoms with van der Waals surface area (Å²) in [4.78, 5) is 14.7. The molecular formula is C16H22ClN3O2. The molecule has 1 aromatic rings. The van der Waals surface area contributed by atoms with Crippen LogP contribution in [-0.4, -0.2) is 45.3 Å². The fourth-order valence-electron chi connectivity index (χ4n) is 3.04. The average molecular weight is 324 g/mol. The molecule has 0 radical (unpaired) electrons. The second-order valence-corrected chi connectivity index (χ2v) is 6.16. The van der Waals surface area contributed by atoms with Crippen molar-refractivity contribution in [3.8, 4) is 0 Å². The molecule has 6 heteroatoms. The molecule has 2 aliphatic heterocycles. The maximum Gasteiger partial charge on any atom is 0.227 e. The number of nitrogens with one attached hydrogen (secondary N) is 2. The van der Waals surface area contributed by atoms with E-state index in [1.54, 1.807) is 0 Å². The number of ether oxygens (including phenoxy) is 1. The molecule has 0 bridgehead atoms. The number of carbonyl (C=O) groups is 1. The van der Waals surface area contributed by atoms with Crippen LogP contribution in [-0.2, 0) is 9.53 Å². The molecule has 5 nitrogen and oxygen atoms in total. The third-order valence-corrected chi connectivity index (χ3v) is 4.59. The summed E-state index contributed by atoms with van der Waals surface area (Å²) >= 11 is 6.39. The zero-order valence-corrected chi connectivity index (χ0v) is 13.4. The summed E-state index contributed by atoms with van der Waals surface area (Å²) in [6.07, 6.45) is 1.78. The van der Waals surface area contributed by atoms with Gasteiger partial charge in [0, 0.05) is 19.0 Å². The van der Waals surface area contributed by atoms with E-state index in [-0.39, 0.29) is 11.8 Å². The van der Waals surface area contributed by atoms with Crippen molar-refractivity contribution < 1.29 is 9.53 Å². The molecule has 2 heterocycles. The van der Waals surface area contributed by atoms with E-state index in [0.29, 0.717) is 18.2 Å². The summed E-state index contributed by atoms with van der Waals surface area (Å²) in [5.74, 6) is 0.177. The zero-order valence-electron chi connectivity index (χ0n) is 12.6. The summed E-state index contributed by atoms with van der Waals surface area (Å²) in [5, 5.41) is 7.04. The molecule has 22 heavy (non-hydrogen) atoms. The highest BCUT2D eigenvalue weighted by atomic mass is 35.5. The number of piperidine rings is 1. The molecule has 1 amide bonds. The summed E-state index contributed by atoms with van der Waals surface area (Å²) in [7, 11) is 0. The third-order valence-electron chi connectivity index (χ3n) is 4.28. The zero-order chi connectivity index (χ0) is 15.4. The maximum atomic E-state index is 12.5. The lowest BCUT2D eigenvalue weighted by Crippen LogP contribution is -2.38. The number of nitrogens with zero attached hydrogens (tertiary/aromatic N) is 1. The Labute approximate surface area is 136 Å². The first-order chi connectivity index (χ1) is 10.8. The number of hydrogen-bond acceptors (Lipinski definition) is 4. The first-order valence-corrected chi connectivity index (χ1v) is 8.26. The second kappa shape index (κ2) is 7.31. The number of hydrogen-bond donors (Lipinski definition) is 2. The molecule has 0 aliphatic carbocycles. The fraction of sp³-hybridized carbons (Fsp3) is 0.562. The molecule has 0 atom stereocenters. The van der Waals surface area contributed by atoms with Gasteiger partial charge in [0.15, 0.2) is 0 Å². The average Bonchev–Trinajstić information content (AvgIpc) is 2.56. The van der Waals surface area contributed by atoms with Crippen LogP contribution in [0.1, 0.15) is 12.8 Å². The van der Waals surface area contributed by atoms with Crippen molar-refractivity contribution in [3.63, 3.8) is 0 Å². The lowest BCUT2D eigenvalue weighted by Gasteiger charge is -2.31. The van der Waals surface area contributed by atoms with Crippen molar-refractivity contribution in [1.82, 2.24) is 5.32 Å². The Hall–Kier alpha value is -1.30. The number of morpholine rings is 1. The number of para-hydroxylation sites is 1. The smallest absolute Gasteiger partial charge is 0.227 e. The van der Waals surface area contributed by atoms with E-state index in [1.165, 1.54) is 0 Å². The van der Waals surface area contributed by atoms with Gasteiger partial charge in [0.05, 0.1) is 29.6 Å². The van der Waals surface area contributed by atoms with Crippen LogP contribution in [0.25, 0.3) is 0 Å². The first-order valence-electron chi connectivity index (χ1n) is 7.88. The molecule has 2 N–H and O–H groups in total. The van der Waals surface area contributed by atoms with E-state index in [0.717, 1.165) is 50.4 Å². The summed E-state index contributed by atoms with van der Waals surface area (Å²) in [6, 6.07) is 5.67. The topological polar surface area (TPSA) is 53.6 Å². The number of benzene rings is 1. The van der Waals surface area contributed by atoms with Gasteiger partial charge in [-0.3, -0.25) is 4.79 Å². The molecule has 0 spiro atoms. The number of anilines is 2. The highest BCUT2D eigenvalue weighted by Gasteiger charge is 2.24. The van der Waals surface area contributed by atoms with Gasteiger partial charge in [-0.15, -0.1) is 0 Å². The van der Waals surface area contributed by atoms with Gasteiger partial charge in [0.1, 0.15) is 0 Å². The number of halogens is 1. The normalized spacial score (nSPS) is 20.0. The Morgan fingerprint density at radius 1 is 1.27 bits per heavy atom. The van der Waals surface area contributed by atoms with Gasteiger partial charge in [0.2, 0.25) is 5.91 Å². The molecule has 0 aromatic heterocycles. The molecule has 0 unspecified atom stereocenters. The summed E-state index contributed by atoms with van der Waals surface area (Å²) in [5.41, 5.74) is 1.72. The lowest BCUT2D eigenvalue weighted by atomic mass is 9.97. The van der Waals surface area contributed by atoms with E-state index in [1.807, 2.05) is 18.2 Å². The minimum absolute atomic E-state index is 0.0813. The molecule has 2 fully saturated rings. The summed E-state index contributed by atoms with van der Waals surface area (Å²) in [6.45, 7) is 4.77. The van der Waals surface area contributed by atoms with Crippen LogP contribution < -0.4 is 15.5 Å². The van der Waals surface area contributed by atoms with E-state index in [2.05, 4.69) is 15.5 Å². The van der Waals surface area contributed by atoms with E-state index in [4.69, 9.17) is 16.3 Å². The largest absolute Gasteiger partial charge is 0.378 e. The molecule has 3 rings (SSSR count). The SMILES string of the molecule is O=C(Nc1cccc(Cl)c1N1CCOCC1)C1CCNCC1. The Kier molecular flexibility index (Phi) is 5.18. The van der Waals surface area contributed by atoms with Crippen LogP contribution >= 0.6 is 11.6 Å². The van der Waals surface area contributed by atoms with Crippen molar-refractivity contribution >= 4 is 28.9 Å². The molecule has 120 valence electrons. The Balaban J connectivity index is 1.77. The van der Waals surface area contributed by atoms with E-state index < -0.39 is 0 Å². The molecule has 0 saturated carbocycles. The minimum Gasteiger partial charge on any atom is -0.378 e. The number of carbonyl (C=O) groups excluding carboxylic acids is 1. The highest BCUT2D eigenvalue weighted by Crippen LogP contribution is 2.35. The molecular weight excluding hydrogens is 302 g/mol. The first kappa shape index (κ1) is 15.6. The lowest BCUT2D eigenvalue weighted by molar-refractivity contribution is -0.120. The van der Waals surface area contributed by atoms with Crippen LogP contribution in [0, 0.1) is 5.92 Å². The fourth-order valence-corrected chi connectivity index (χ4v) is 3.34. The Bertz CT molecular complexity index is 526. The third kappa shape index (κ3) is 3.54. The standard InChI is InChI=1S/C16H22ClN3O2/c17-13-2-1-3-14(15(13)20-8-10-22-11-9-20)19-16(21)12-4-6-18-7-5-12/h1-3,12,18H,4-11H2,(H,19,21). The van der Waals surface area contributed by atoms with Crippen molar-refractivity contribution in [1.29, 1.82) is 0 Å². The quantitative estimate of drug-likeness (QED) is 0.894. The second-order valence-electron chi connectivity index (χ2n) is 5.75. The molecule has 2 saturated heterocycles. The van der Waals surface area contributed by atoms with Gasteiger partial charge in [-0.1, -0.05) is 17.7 Å². The van der Waals surface area contributed by atoms with E-state index in [9.17, 15) is 4.79 Å². The van der Waals surface area contributed by atoms with Crippen molar-refractivity contribution in [2.75, 3.05) is 49.6 Å². The minimum atomic E-state index is 0.0813. The van der Waals surface area contributed by atoms with Crippen LogP contribution in [0.15, 0.2) is 18.2 Å².